The summed E-state index contributed by atoms with van der Waals surface area (Å²) in [6, 6.07) is 2.28. The van der Waals surface area contributed by atoms with Gasteiger partial charge in [-0.3, -0.25) is 4.79 Å². The van der Waals surface area contributed by atoms with Crippen molar-refractivity contribution in [3.63, 3.8) is 0 Å². The number of hydrogen-bond donors (Lipinski definition) is 1. The number of unbranched alkanes of at least 4 members (excludes halogenated alkanes) is 1. The first-order valence-corrected chi connectivity index (χ1v) is 6.59. The molecule has 5 heteroatoms. The van der Waals surface area contributed by atoms with Gasteiger partial charge in [-0.15, -0.1) is 0 Å². The van der Waals surface area contributed by atoms with Gasteiger partial charge in [0.25, 0.3) is 0 Å². The lowest BCUT2D eigenvalue weighted by atomic mass is 10.00. The Morgan fingerprint density at radius 2 is 2.24 bits per heavy atom. The fourth-order valence-corrected chi connectivity index (χ4v) is 1.94. The standard InChI is InChI=1S/C12H14BrClFNO/c1-2-3-4-9(16)12(17)7-5-6-8(13)10(14)11(7)15/h5-6,9H,2-4,16H2,1H3. The average molecular weight is 323 g/mol. The van der Waals surface area contributed by atoms with Crippen molar-refractivity contribution in [2.24, 2.45) is 5.73 Å². The third kappa shape index (κ3) is 3.50. The van der Waals surface area contributed by atoms with Crippen molar-refractivity contribution < 1.29 is 9.18 Å². The molecule has 2 nitrogen and oxygen atoms in total. The molecule has 94 valence electrons. The van der Waals surface area contributed by atoms with Crippen LogP contribution in [0.4, 0.5) is 4.39 Å². The fraction of sp³-hybridized carbons (Fsp3) is 0.417. The lowest BCUT2D eigenvalue weighted by Crippen LogP contribution is -2.31. The summed E-state index contributed by atoms with van der Waals surface area (Å²) in [7, 11) is 0. The molecule has 1 aromatic rings. The van der Waals surface area contributed by atoms with Gasteiger partial charge in [0.15, 0.2) is 11.6 Å². The van der Waals surface area contributed by atoms with Crippen LogP contribution in [0.2, 0.25) is 5.02 Å². The third-order valence-electron chi connectivity index (χ3n) is 2.51. The van der Waals surface area contributed by atoms with E-state index in [0.29, 0.717) is 10.9 Å². The van der Waals surface area contributed by atoms with E-state index in [2.05, 4.69) is 15.9 Å². The molecule has 2 N–H and O–H groups in total. The van der Waals surface area contributed by atoms with Gasteiger partial charge < -0.3 is 5.73 Å². The van der Waals surface area contributed by atoms with Crippen LogP contribution in [0.15, 0.2) is 16.6 Å². The van der Waals surface area contributed by atoms with Crippen LogP contribution >= 0.6 is 27.5 Å². The Morgan fingerprint density at radius 1 is 1.59 bits per heavy atom. The normalized spacial score (nSPS) is 12.5. The van der Waals surface area contributed by atoms with Crippen LogP contribution in [0, 0.1) is 5.82 Å². The molecular formula is C12H14BrClFNO. The second-order valence-corrected chi connectivity index (χ2v) is 5.07. The quantitative estimate of drug-likeness (QED) is 0.659. The van der Waals surface area contributed by atoms with E-state index in [4.69, 9.17) is 17.3 Å². The van der Waals surface area contributed by atoms with E-state index in [1.165, 1.54) is 6.07 Å². The van der Waals surface area contributed by atoms with E-state index < -0.39 is 17.6 Å². The van der Waals surface area contributed by atoms with Crippen LogP contribution in [0.5, 0.6) is 0 Å². The number of nitrogens with two attached hydrogens (primary N) is 1. The van der Waals surface area contributed by atoms with E-state index in [-0.39, 0.29) is 10.6 Å². The number of carbonyl (C=O) groups excluding carboxylic acids is 1. The van der Waals surface area contributed by atoms with E-state index in [0.717, 1.165) is 12.8 Å². The van der Waals surface area contributed by atoms with Crippen LogP contribution in [0.25, 0.3) is 0 Å². The summed E-state index contributed by atoms with van der Waals surface area (Å²) in [5, 5.41) is -0.0847. The van der Waals surface area contributed by atoms with Crippen molar-refractivity contribution >= 4 is 33.3 Å². The molecule has 1 aromatic carbocycles. The summed E-state index contributed by atoms with van der Waals surface area (Å²) >= 11 is 8.81. The molecule has 0 fully saturated rings. The van der Waals surface area contributed by atoms with Gasteiger partial charge in [0.2, 0.25) is 0 Å². The number of carbonyl (C=O) groups is 1. The van der Waals surface area contributed by atoms with Gasteiger partial charge in [-0.2, -0.15) is 0 Å². The first kappa shape index (κ1) is 14.6. The summed E-state index contributed by atoms with van der Waals surface area (Å²) < 4.78 is 14.2. The largest absolute Gasteiger partial charge is 0.321 e. The summed E-state index contributed by atoms with van der Waals surface area (Å²) in [4.78, 5) is 11.9. The van der Waals surface area contributed by atoms with Gasteiger partial charge >= 0.3 is 0 Å². The molecule has 1 rings (SSSR count). The maximum Gasteiger partial charge on any atom is 0.182 e. The summed E-state index contributed by atoms with van der Waals surface area (Å²) in [6.07, 6.45) is 2.35. The predicted octanol–water partition coefficient (Wildman–Crippen LogP) is 3.94. The highest BCUT2D eigenvalue weighted by Crippen LogP contribution is 2.28. The van der Waals surface area contributed by atoms with Crippen molar-refractivity contribution in [1.29, 1.82) is 0 Å². The minimum absolute atomic E-state index is 0.0400. The first-order valence-electron chi connectivity index (χ1n) is 5.42. The Bertz CT molecular complexity index is 425. The number of halogens is 3. The van der Waals surface area contributed by atoms with Crippen molar-refractivity contribution in [3.8, 4) is 0 Å². The summed E-state index contributed by atoms with van der Waals surface area (Å²) in [5.41, 5.74) is 5.68. The minimum atomic E-state index is -0.710. The Morgan fingerprint density at radius 3 is 2.82 bits per heavy atom. The molecule has 1 unspecified atom stereocenters. The molecule has 17 heavy (non-hydrogen) atoms. The molecule has 0 saturated carbocycles. The third-order valence-corrected chi connectivity index (χ3v) is 3.76. The maximum absolute atomic E-state index is 13.8. The van der Waals surface area contributed by atoms with Crippen LogP contribution in [-0.2, 0) is 0 Å². The summed E-state index contributed by atoms with van der Waals surface area (Å²) in [6.45, 7) is 2.01. The predicted molar refractivity (Wildman–Crippen MR) is 70.9 cm³/mol. The molecule has 0 heterocycles. The molecule has 0 aliphatic heterocycles. The molecular weight excluding hydrogens is 308 g/mol. The average Bonchev–Trinajstić information content (AvgIpc) is 2.32. The molecule has 0 aliphatic rings. The molecule has 0 spiro atoms. The highest BCUT2D eigenvalue weighted by molar-refractivity contribution is 9.10. The fourth-order valence-electron chi connectivity index (χ4n) is 1.47. The topological polar surface area (TPSA) is 43.1 Å². The number of rotatable bonds is 5. The highest BCUT2D eigenvalue weighted by atomic mass is 79.9. The lowest BCUT2D eigenvalue weighted by Gasteiger charge is -2.11. The van der Waals surface area contributed by atoms with E-state index >= 15 is 0 Å². The number of ketones is 1. The zero-order valence-corrected chi connectivity index (χ0v) is 11.8. The minimum Gasteiger partial charge on any atom is -0.321 e. The first-order chi connectivity index (χ1) is 7.99. The molecule has 0 radical (unpaired) electrons. The van der Waals surface area contributed by atoms with Gasteiger partial charge in [-0.05, 0) is 34.5 Å². The second-order valence-electron chi connectivity index (χ2n) is 3.84. The van der Waals surface area contributed by atoms with Crippen LogP contribution in [0.1, 0.15) is 36.5 Å². The zero-order valence-electron chi connectivity index (χ0n) is 9.47. The van der Waals surface area contributed by atoms with E-state index in [9.17, 15) is 9.18 Å². The van der Waals surface area contributed by atoms with Crippen LogP contribution in [-0.4, -0.2) is 11.8 Å². The molecule has 0 saturated heterocycles. The van der Waals surface area contributed by atoms with Gasteiger partial charge in [-0.1, -0.05) is 31.4 Å². The smallest absolute Gasteiger partial charge is 0.182 e. The van der Waals surface area contributed by atoms with E-state index in [1.807, 2.05) is 6.92 Å². The Labute approximate surface area is 113 Å². The maximum atomic E-state index is 13.8. The van der Waals surface area contributed by atoms with Crippen molar-refractivity contribution in [2.75, 3.05) is 0 Å². The second kappa shape index (κ2) is 6.47. The Kier molecular flexibility index (Phi) is 5.56. The Balaban J connectivity index is 2.93. The van der Waals surface area contributed by atoms with Gasteiger partial charge in [0.05, 0.1) is 16.6 Å². The van der Waals surface area contributed by atoms with Gasteiger partial charge in [0, 0.05) is 4.47 Å². The van der Waals surface area contributed by atoms with Gasteiger partial charge in [-0.25, -0.2) is 4.39 Å². The molecule has 0 aliphatic carbocycles. The molecule has 0 bridgehead atoms. The lowest BCUT2D eigenvalue weighted by molar-refractivity contribution is 0.0952. The number of hydrogen-bond acceptors (Lipinski definition) is 2. The van der Waals surface area contributed by atoms with Crippen molar-refractivity contribution in [2.45, 2.75) is 32.2 Å². The highest BCUT2D eigenvalue weighted by Gasteiger charge is 2.21. The van der Waals surface area contributed by atoms with Gasteiger partial charge in [0.1, 0.15) is 0 Å². The zero-order chi connectivity index (χ0) is 13.0. The monoisotopic (exact) mass is 321 g/mol. The van der Waals surface area contributed by atoms with Crippen molar-refractivity contribution in [1.82, 2.24) is 0 Å². The van der Waals surface area contributed by atoms with Crippen LogP contribution in [0.3, 0.4) is 0 Å². The SMILES string of the molecule is CCCCC(N)C(=O)c1ccc(Br)c(Cl)c1F. The van der Waals surface area contributed by atoms with Crippen molar-refractivity contribution in [3.05, 3.63) is 33.0 Å². The molecule has 1 atom stereocenters. The molecule has 0 aromatic heterocycles. The van der Waals surface area contributed by atoms with E-state index in [1.54, 1.807) is 6.07 Å². The Hall–Kier alpha value is -0.450. The molecule has 0 amide bonds. The summed E-state index contributed by atoms with van der Waals surface area (Å²) in [5.74, 6) is -1.11. The number of Topliss-reactive ketones (excluding diaryl/α,β-unsaturated/α-hetero) is 1. The van der Waals surface area contributed by atoms with Crippen LogP contribution < -0.4 is 5.73 Å². The number of benzene rings is 1.